The summed E-state index contributed by atoms with van der Waals surface area (Å²) in [6.07, 6.45) is -5.10. The molecule has 0 bridgehead atoms. The van der Waals surface area contributed by atoms with Gasteiger partial charge in [-0.3, -0.25) is 10.1 Å². The first kappa shape index (κ1) is 5.21. The van der Waals surface area contributed by atoms with Gasteiger partial charge in [-0.1, -0.05) is 0 Å². The Labute approximate surface area is 76.6 Å². The molecule has 0 aliphatic carbocycles. The maximum Gasteiger partial charge on any atom is 0.416 e. The quantitative estimate of drug-likeness (QED) is 0.510. The van der Waals surface area contributed by atoms with Crippen molar-refractivity contribution in [2.24, 2.45) is 0 Å². The molecule has 1 rings (SSSR count). The van der Waals surface area contributed by atoms with E-state index in [4.69, 9.17) is 5.48 Å². The van der Waals surface area contributed by atoms with Crippen molar-refractivity contribution in [2.45, 2.75) is 6.18 Å². The number of hydrogen-bond acceptors (Lipinski definition) is 2. The second kappa shape index (κ2) is 3.04. The smallest absolute Gasteiger partial charge is 0.258 e. The van der Waals surface area contributed by atoms with Gasteiger partial charge in [-0.2, -0.15) is 13.2 Å². The first-order chi connectivity index (χ1) is 7.59. The van der Waals surface area contributed by atoms with Gasteiger partial charge in [-0.15, -0.1) is 0 Å². The Bertz CT molecular complexity index is 474. The summed E-state index contributed by atoms with van der Waals surface area (Å²) in [6.45, 7) is 0. The molecule has 0 fully saturated rings. The standard InChI is InChI=1S/C7H4F3NO2/c8-7(9,10)5-1-3-6(4-2-5)11(12)13/h1-4H/i1D,2D,3D,4D. The number of nitro benzene ring substituents is 1. The summed E-state index contributed by atoms with van der Waals surface area (Å²) in [5, 5.41) is 10.4. The maximum atomic E-state index is 12.4. The molecule has 0 saturated heterocycles. The highest BCUT2D eigenvalue weighted by Gasteiger charge is 2.30. The molecule has 1 aromatic rings. The van der Waals surface area contributed by atoms with Crippen LogP contribution in [-0.2, 0) is 6.18 Å². The van der Waals surface area contributed by atoms with Crippen molar-refractivity contribution >= 4 is 5.69 Å². The van der Waals surface area contributed by atoms with Gasteiger partial charge in [0, 0.05) is 12.1 Å². The van der Waals surface area contributed by atoms with Gasteiger partial charge in [0.2, 0.25) is 0 Å². The molecule has 0 atom stereocenters. The van der Waals surface area contributed by atoms with Crippen LogP contribution in [0.25, 0.3) is 0 Å². The van der Waals surface area contributed by atoms with E-state index in [0.717, 1.165) is 0 Å². The molecule has 1 aromatic carbocycles. The van der Waals surface area contributed by atoms with Crippen LogP contribution in [0.5, 0.6) is 0 Å². The van der Waals surface area contributed by atoms with E-state index in [-0.39, 0.29) is 0 Å². The lowest BCUT2D eigenvalue weighted by atomic mass is 10.2. The van der Waals surface area contributed by atoms with E-state index in [1.165, 1.54) is 0 Å². The van der Waals surface area contributed by atoms with Crippen molar-refractivity contribution in [3.63, 3.8) is 0 Å². The van der Waals surface area contributed by atoms with Crippen LogP contribution < -0.4 is 0 Å². The largest absolute Gasteiger partial charge is 0.416 e. The van der Waals surface area contributed by atoms with Crippen LogP contribution in [0.15, 0.2) is 24.2 Å². The fraction of sp³-hybridized carbons (Fsp3) is 0.143. The van der Waals surface area contributed by atoms with Gasteiger partial charge >= 0.3 is 6.18 Å². The second-order valence-electron chi connectivity index (χ2n) is 1.98. The number of alkyl halides is 3. The Morgan fingerprint density at radius 3 is 2.08 bits per heavy atom. The van der Waals surface area contributed by atoms with Crippen molar-refractivity contribution < 1.29 is 23.6 Å². The predicted molar refractivity (Wildman–Crippen MR) is 38.1 cm³/mol. The van der Waals surface area contributed by atoms with E-state index >= 15 is 0 Å². The third-order valence-corrected chi connectivity index (χ3v) is 1.08. The summed E-state index contributed by atoms with van der Waals surface area (Å²) in [5.41, 5.74) is -3.08. The van der Waals surface area contributed by atoms with Gasteiger partial charge < -0.3 is 0 Å². The highest BCUT2D eigenvalue weighted by Crippen LogP contribution is 2.29. The molecule has 70 valence electrons. The molecule has 0 aromatic heterocycles. The number of benzene rings is 1. The van der Waals surface area contributed by atoms with Gasteiger partial charge in [0.1, 0.15) is 0 Å². The van der Waals surface area contributed by atoms with Gasteiger partial charge in [0.05, 0.1) is 16.0 Å². The molecule has 0 unspecified atom stereocenters. The van der Waals surface area contributed by atoms with E-state index in [0.29, 0.717) is 0 Å². The monoisotopic (exact) mass is 195 g/mol. The minimum Gasteiger partial charge on any atom is -0.258 e. The molecule has 0 radical (unpaired) electrons. The number of halogens is 3. The van der Waals surface area contributed by atoms with E-state index in [1.807, 2.05) is 0 Å². The third kappa shape index (κ3) is 2.17. The van der Waals surface area contributed by atoms with Crippen molar-refractivity contribution in [3.05, 3.63) is 39.8 Å². The SMILES string of the molecule is [2H]c1c([2H])c(C(F)(F)F)c([2H])c([2H])c1[N+](=O)[O-]. The van der Waals surface area contributed by atoms with Gasteiger partial charge in [-0.05, 0) is 12.1 Å². The normalized spacial score (nSPS) is 15.6. The van der Waals surface area contributed by atoms with Crippen LogP contribution in [0, 0.1) is 10.1 Å². The zero-order valence-electron chi connectivity index (χ0n) is 9.90. The Morgan fingerprint density at radius 2 is 1.77 bits per heavy atom. The van der Waals surface area contributed by atoms with E-state index in [2.05, 4.69) is 0 Å². The first-order valence-electron chi connectivity index (χ1n) is 4.91. The molecule has 0 aliphatic heterocycles. The van der Waals surface area contributed by atoms with Crippen molar-refractivity contribution in [2.75, 3.05) is 0 Å². The summed E-state index contributed by atoms with van der Waals surface area (Å²) in [5.74, 6) is 0. The molecule has 0 spiro atoms. The minimum atomic E-state index is -5.10. The second-order valence-corrected chi connectivity index (χ2v) is 1.98. The van der Waals surface area contributed by atoms with E-state index < -0.39 is 46.5 Å². The number of hydrogen-bond donors (Lipinski definition) is 0. The summed E-state index contributed by atoms with van der Waals surface area (Å²) in [4.78, 5) is 9.18. The number of nitrogens with zero attached hydrogens (tertiary/aromatic N) is 1. The lowest BCUT2D eigenvalue weighted by Crippen LogP contribution is -2.04. The predicted octanol–water partition coefficient (Wildman–Crippen LogP) is 2.61. The van der Waals surface area contributed by atoms with Gasteiger partial charge in [0.25, 0.3) is 5.69 Å². The first-order valence-corrected chi connectivity index (χ1v) is 2.91. The van der Waals surface area contributed by atoms with Crippen LogP contribution in [-0.4, -0.2) is 4.92 Å². The molecule has 0 N–H and O–H groups in total. The van der Waals surface area contributed by atoms with Crippen LogP contribution in [0.4, 0.5) is 18.9 Å². The zero-order valence-corrected chi connectivity index (χ0v) is 5.90. The van der Waals surface area contributed by atoms with Gasteiger partial charge in [0.15, 0.2) is 0 Å². The van der Waals surface area contributed by atoms with Gasteiger partial charge in [-0.25, -0.2) is 0 Å². The molecular formula is C7H4F3NO2. The fourth-order valence-electron chi connectivity index (χ4n) is 0.539. The van der Waals surface area contributed by atoms with Crippen molar-refractivity contribution in [1.82, 2.24) is 0 Å². The third-order valence-electron chi connectivity index (χ3n) is 1.08. The summed E-state index contributed by atoms with van der Waals surface area (Å²) < 4.78 is 65.4. The molecule has 13 heavy (non-hydrogen) atoms. The molecule has 0 amide bonds. The highest BCUT2D eigenvalue weighted by atomic mass is 19.4. The Morgan fingerprint density at radius 1 is 1.31 bits per heavy atom. The lowest BCUT2D eigenvalue weighted by molar-refractivity contribution is -0.384. The molecular weight excluding hydrogens is 187 g/mol. The molecule has 0 aliphatic rings. The number of rotatable bonds is 1. The highest BCUT2D eigenvalue weighted by molar-refractivity contribution is 5.33. The molecule has 0 saturated carbocycles. The zero-order chi connectivity index (χ0) is 13.5. The molecule has 3 nitrogen and oxygen atoms in total. The van der Waals surface area contributed by atoms with Crippen LogP contribution in [0.3, 0.4) is 0 Å². The summed E-state index contributed by atoms with van der Waals surface area (Å²) >= 11 is 0. The minimum absolute atomic E-state index is 1.25. The lowest BCUT2D eigenvalue weighted by Gasteiger charge is -2.04. The molecule has 6 heteroatoms. The Balaban J connectivity index is 3.77. The topological polar surface area (TPSA) is 43.1 Å². The van der Waals surface area contributed by atoms with Crippen LogP contribution >= 0.6 is 0 Å². The molecule has 0 heterocycles. The van der Waals surface area contributed by atoms with Crippen molar-refractivity contribution in [1.29, 1.82) is 0 Å². The van der Waals surface area contributed by atoms with Crippen molar-refractivity contribution in [3.8, 4) is 0 Å². The average Bonchev–Trinajstić information content (AvgIpc) is 2.12. The van der Waals surface area contributed by atoms with Crippen LogP contribution in [0.2, 0.25) is 0 Å². The number of nitro groups is 1. The van der Waals surface area contributed by atoms with Crippen LogP contribution in [0.1, 0.15) is 11.0 Å². The van der Waals surface area contributed by atoms with E-state index in [1.54, 1.807) is 0 Å². The maximum absolute atomic E-state index is 12.4. The van der Waals surface area contributed by atoms with E-state index in [9.17, 15) is 23.3 Å². The Hall–Kier alpha value is -1.59. The fourth-order valence-corrected chi connectivity index (χ4v) is 0.539. The Kier molecular flexibility index (Phi) is 1.22. The summed E-state index contributed by atoms with van der Waals surface area (Å²) in [6, 6.07) is -5.57. The average molecular weight is 195 g/mol. The summed E-state index contributed by atoms with van der Waals surface area (Å²) in [7, 11) is 0.